The number of rotatable bonds is 1. The lowest BCUT2D eigenvalue weighted by Gasteiger charge is -2.04. The fourth-order valence-corrected chi connectivity index (χ4v) is 1.42. The highest BCUT2D eigenvalue weighted by molar-refractivity contribution is 5.91. The van der Waals surface area contributed by atoms with E-state index in [0.29, 0.717) is 6.54 Å². The Morgan fingerprint density at radius 1 is 1.23 bits per heavy atom. The van der Waals surface area contributed by atoms with Gasteiger partial charge in [-0.1, -0.05) is 18.2 Å². The minimum Gasteiger partial charge on any atom is -0.398 e. The Balaban J connectivity index is 2.84. The molecule has 0 radical (unpaired) electrons. The SMILES string of the molecule is NCc1cccc2c(N)ccnc12. The van der Waals surface area contributed by atoms with Crippen molar-refractivity contribution in [3.8, 4) is 0 Å². The van der Waals surface area contributed by atoms with E-state index in [4.69, 9.17) is 11.5 Å². The van der Waals surface area contributed by atoms with Gasteiger partial charge in [-0.05, 0) is 11.6 Å². The van der Waals surface area contributed by atoms with Crippen molar-refractivity contribution in [2.24, 2.45) is 5.73 Å². The number of nitrogens with zero attached hydrogens (tertiary/aromatic N) is 1. The Morgan fingerprint density at radius 2 is 2.08 bits per heavy atom. The zero-order valence-corrected chi connectivity index (χ0v) is 7.20. The van der Waals surface area contributed by atoms with Crippen LogP contribution in [0.3, 0.4) is 0 Å². The predicted molar refractivity (Wildman–Crippen MR) is 54.0 cm³/mol. The normalized spacial score (nSPS) is 10.5. The molecule has 3 heteroatoms. The van der Waals surface area contributed by atoms with Gasteiger partial charge in [-0.2, -0.15) is 0 Å². The topological polar surface area (TPSA) is 64.9 Å². The quantitative estimate of drug-likeness (QED) is 0.682. The summed E-state index contributed by atoms with van der Waals surface area (Å²) in [7, 11) is 0. The van der Waals surface area contributed by atoms with Crippen molar-refractivity contribution in [1.82, 2.24) is 4.98 Å². The molecule has 1 aromatic carbocycles. The van der Waals surface area contributed by atoms with Gasteiger partial charge in [0, 0.05) is 23.8 Å². The predicted octanol–water partition coefficient (Wildman–Crippen LogP) is 1.28. The molecule has 0 saturated heterocycles. The van der Waals surface area contributed by atoms with Gasteiger partial charge in [0.15, 0.2) is 0 Å². The second kappa shape index (κ2) is 3.03. The number of nitrogen functional groups attached to an aromatic ring is 1. The summed E-state index contributed by atoms with van der Waals surface area (Å²) >= 11 is 0. The number of aromatic nitrogens is 1. The van der Waals surface area contributed by atoms with Gasteiger partial charge >= 0.3 is 0 Å². The molecule has 4 N–H and O–H groups in total. The van der Waals surface area contributed by atoms with Gasteiger partial charge < -0.3 is 11.5 Å². The number of pyridine rings is 1. The molecule has 1 heterocycles. The third-order valence-electron chi connectivity index (χ3n) is 2.11. The van der Waals surface area contributed by atoms with E-state index in [0.717, 1.165) is 22.2 Å². The van der Waals surface area contributed by atoms with Gasteiger partial charge in [0.05, 0.1) is 5.52 Å². The van der Waals surface area contributed by atoms with E-state index >= 15 is 0 Å². The average molecular weight is 173 g/mol. The second-order valence-electron chi connectivity index (χ2n) is 2.92. The van der Waals surface area contributed by atoms with E-state index < -0.39 is 0 Å². The number of para-hydroxylation sites is 1. The first-order valence-electron chi connectivity index (χ1n) is 4.15. The fraction of sp³-hybridized carbons (Fsp3) is 0.100. The number of nitrogens with two attached hydrogens (primary N) is 2. The van der Waals surface area contributed by atoms with Gasteiger partial charge in [0.25, 0.3) is 0 Å². The fourth-order valence-electron chi connectivity index (χ4n) is 1.42. The van der Waals surface area contributed by atoms with Gasteiger partial charge in [0.1, 0.15) is 0 Å². The van der Waals surface area contributed by atoms with E-state index in [1.807, 2.05) is 18.2 Å². The maximum Gasteiger partial charge on any atom is 0.0767 e. The first kappa shape index (κ1) is 8.01. The highest BCUT2D eigenvalue weighted by Gasteiger charge is 2.01. The smallest absolute Gasteiger partial charge is 0.0767 e. The van der Waals surface area contributed by atoms with E-state index in [-0.39, 0.29) is 0 Å². The monoisotopic (exact) mass is 173 g/mol. The number of hydrogen-bond donors (Lipinski definition) is 2. The van der Waals surface area contributed by atoms with Gasteiger partial charge in [0.2, 0.25) is 0 Å². The Morgan fingerprint density at radius 3 is 2.85 bits per heavy atom. The van der Waals surface area contributed by atoms with Crippen LogP contribution in [0.4, 0.5) is 5.69 Å². The summed E-state index contributed by atoms with van der Waals surface area (Å²) in [4.78, 5) is 4.25. The van der Waals surface area contributed by atoms with Crippen molar-refractivity contribution in [1.29, 1.82) is 0 Å². The van der Waals surface area contributed by atoms with Gasteiger partial charge in [-0.3, -0.25) is 4.98 Å². The van der Waals surface area contributed by atoms with Crippen LogP contribution in [0, 0.1) is 0 Å². The Hall–Kier alpha value is -1.61. The van der Waals surface area contributed by atoms with Crippen LogP contribution in [0.5, 0.6) is 0 Å². The summed E-state index contributed by atoms with van der Waals surface area (Å²) < 4.78 is 0. The minimum absolute atomic E-state index is 0.494. The van der Waals surface area contributed by atoms with Crippen molar-refractivity contribution in [3.05, 3.63) is 36.0 Å². The molecule has 1 aromatic heterocycles. The Bertz CT molecular complexity index is 437. The molecule has 0 spiro atoms. The molecule has 2 rings (SSSR count). The third kappa shape index (κ3) is 1.23. The lowest BCUT2D eigenvalue weighted by atomic mass is 10.1. The van der Waals surface area contributed by atoms with Crippen LogP contribution in [0.2, 0.25) is 0 Å². The standard InChI is InChI=1S/C10H11N3/c11-6-7-2-1-3-8-9(12)4-5-13-10(7)8/h1-5H,6,11H2,(H2,12,13). The maximum atomic E-state index is 5.80. The van der Waals surface area contributed by atoms with Crippen LogP contribution in [0.1, 0.15) is 5.56 Å². The molecule has 0 atom stereocenters. The molecular formula is C10H11N3. The van der Waals surface area contributed by atoms with Crippen LogP contribution in [-0.4, -0.2) is 4.98 Å². The van der Waals surface area contributed by atoms with E-state index in [2.05, 4.69) is 4.98 Å². The van der Waals surface area contributed by atoms with Crippen LogP contribution in [0.15, 0.2) is 30.5 Å². The maximum absolute atomic E-state index is 5.80. The van der Waals surface area contributed by atoms with Crippen molar-refractivity contribution in [2.75, 3.05) is 5.73 Å². The number of fused-ring (bicyclic) bond motifs is 1. The van der Waals surface area contributed by atoms with Gasteiger partial charge in [-0.15, -0.1) is 0 Å². The van der Waals surface area contributed by atoms with Gasteiger partial charge in [-0.25, -0.2) is 0 Å². The molecule has 0 aliphatic rings. The summed E-state index contributed by atoms with van der Waals surface area (Å²) in [5, 5.41) is 0.977. The first-order valence-corrected chi connectivity index (χ1v) is 4.15. The van der Waals surface area contributed by atoms with E-state index in [1.165, 1.54) is 0 Å². The van der Waals surface area contributed by atoms with E-state index in [1.54, 1.807) is 12.3 Å². The van der Waals surface area contributed by atoms with Crippen molar-refractivity contribution < 1.29 is 0 Å². The molecule has 0 unspecified atom stereocenters. The van der Waals surface area contributed by atoms with Crippen LogP contribution in [0.25, 0.3) is 10.9 Å². The molecule has 0 saturated carbocycles. The lowest BCUT2D eigenvalue weighted by Crippen LogP contribution is -1.99. The third-order valence-corrected chi connectivity index (χ3v) is 2.11. The minimum atomic E-state index is 0.494. The second-order valence-corrected chi connectivity index (χ2v) is 2.92. The van der Waals surface area contributed by atoms with Crippen molar-refractivity contribution in [3.63, 3.8) is 0 Å². The van der Waals surface area contributed by atoms with E-state index in [9.17, 15) is 0 Å². The Labute approximate surface area is 76.4 Å². The highest BCUT2D eigenvalue weighted by Crippen LogP contribution is 2.20. The zero-order valence-electron chi connectivity index (χ0n) is 7.20. The molecule has 0 aliphatic carbocycles. The zero-order chi connectivity index (χ0) is 9.26. The molecule has 0 fully saturated rings. The van der Waals surface area contributed by atoms with Crippen LogP contribution < -0.4 is 11.5 Å². The summed E-state index contributed by atoms with van der Waals surface area (Å²) in [6, 6.07) is 7.66. The molecular weight excluding hydrogens is 162 g/mol. The summed E-state index contributed by atoms with van der Waals surface area (Å²) in [5.41, 5.74) is 14.1. The molecule has 2 aromatic rings. The lowest BCUT2D eigenvalue weighted by molar-refractivity contribution is 1.08. The first-order chi connectivity index (χ1) is 6.33. The molecule has 3 nitrogen and oxygen atoms in total. The van der Waals surface area contributed by atoms with Crippen LogP contribution in [-0.2, 0) is 6.54 Å². The van der Waals surface area contributed by atoms with Crippen molar-refractivity contribution in [2.45, 2.75) is 6.54 Å². The summed E-state index contributed by atoms with van der Waals surface area (Å²) in [6.07, 6.45) is 1.71. The number of hydrogen-bond acceptors (Lipinski definition) is 3. The Kier molecular flexibility index (Phi) is 1.87. The van der Waals surface area contributed by atoms with Crippen molar-refractivity contribution >= 4 is 16.6 Å². The summed E-state index contributed by atoms with van der Waals surface area (Å²) in [6.45, 7) is 0.494. The number of anilines is 1. The molecule has 0 amide bonds. The van der Waals surface area contributed by atoms with Crippen LogP contribution >= 0.6 is 0 Å². The highest BCUT2D eigenvalue weighted by atomic mass is 14.7. The molecule has 0 bridgehead atoms. The summed E-state index contributed by atoms with van der Waals surface area (Å²) in [5.74, 6) is 0. The largest absolute Gasteiger partial charge is 0.398 e. The number of benzene rings is 1. The molecule has 0 aliphatic heterocycles. The molecule has 13 heavy (non-hydrogen) atoms. The average Bonchev–Trinajstić information content (AvgIpc) is 2.18. The molecule has 66 valence electrons.